The van der Waals surface area contributed by atoms with Crippen molar-refractivity contribution in [2.24, 2.45) is 5.73 Å². The normalized spacial score (nSPS) is 10.2. The van der Waals surface area contributed by atoms with Crippen molar-refractivity contribution in [3.8, 4) is 0 Å². The van der Waals surface area contributed by atoms with Gasteiger partial charge in [0.2, 0.25) is 0 Å². The number of benzene rings is 1. The van der Waals surface area contributed by atoms with Gasteiger partial charge in [0.05, 0.1) is 16.7 Å². The number of esters is 1. The Bertz CT molecular complexity index is 402. The Labute approximate surface area is 101 Å². The van der Waals surface area contributed by atoms with E-state index in [0.29, 0.717) is 17.0 Å². The second-order valence-corrected chi connectivity index (χ2v) is 4.32. The van der Waals surface area contributed by atoms with Gasteiger partial charge in [0, 0.05) is 6.42 Å². The Kier molecular flexibility index (Phi) is 4.43. The molecule has 0 saturated carbocycles. The SMILES string of the molecule is CC(C)OC(=O)c1cccc(CC(N)=S)c1. The fraction of sp³-hybridized carbons (Fsp3) is 0.333. The molecular weight excluding hydrogens is 222 g/mol. The molecule has 0 radical (unpaired) electrons. The van der Waals surface area contributed by atoms with E-state index in [2.05, 4.69) is 0 Å². The van der Waals surface area contributed by atoms with Crippen molar-refractivity contribution in [3.63, 3.8) is 0 Å². The van der Waals surface area contributed by atoms with E-state index in [1.807, 2.05) is 19.9 Å². The van der Waals surface area contributed by atoms with E-state index >= 15 is 0 Å². The van der Waals surface area contributed by atoms with E-state index in [9.17, 15) is 4.79 Å². The van der Waals surface area contributed by atoms with Gasteiger partial charge < -0.3 is 10.5 Å². The molecule has 0 fully saturated rings. The van der Waals surface area contributed by atoms with Crippen LogP contribution in [0.2, 0.25) is 0 Å². The molecule has 0 atom stereocenters. The van der Waals surface area contributed by atoms with E-state index < -0.39 is 0 Å². The van der Waals surface area contributed by atoms with Crippen molar-refractivity contribution in [1.29, 1.82) is 0 Å². The monoisotopic (exact) mass is 237 g/mol. The number of carbonyl (C=O) groups excluding carboxylic acids is 1. The lowest BCUT2D eigenvalue weighted by Crippen LogP contribution is -2.13. The molecule has 86 valence electrons. The minimum absolute atomic E-state index is 0.119. The summed E-state index contributed by atoms with van der Waals surface area (Å²) in [6.45, 7) is 3.63. The molecule has 0 saturated heterocycles. The van der Waals surface area contributed by atoms with Crippen molar-refractivity contribution in [2.45, 2.75) is 26.4 Å². The molecule has 16 heavy (non-hydrogen) atoms. The highest BCUT2D eigenvalue weighted by atomic mass is 32.1. The fourth-order valence-electron chi connectivity index (χ4n) is 1.29. The summed E-state index contributed by atoms with van der Waals surface area (Å²) in [6.07, 6.45) is 0.379. The number of nitrogens with two attached hydrogens (primary N) is 1. The second kappa shape index (κ2) is 5.61. The van der Waals surface area contributed by atoms with Crippen LogP contribution in [0.4, 0.5) is 0 Å². The molecule has 1 aromatic rings. The summed E-state index contributed by atoms with van der Waals surface area (Å²) in [5, 5.41) is 0. The van der Waals surface area contributed by atoms with Crippen LogP contribution >= 0.6 is 12.2 Å². The Hall–Kier alpha value is -1.42. The van der Waals surface area contributed by atoms with Gasteiger partial charge in [0.15, 0.2) is 0 Å². The largest absolute Gasteiger partial charge is 0.459 e. The molecule has 0 amide bonds. The Morgan fingerprint density at radius 2 is 2.19 bits per heavy atom. The van der Waals surface area contributed by atoms with Gasteiger partial charge in [0.1, 0.15) is 0 Å². The van der Waals surface area contributed by atoms with Crippen LogP contribution in [0.15, 0.2) is 24.3 Å². The Morgan fingerprint density at radius 1 is 1.50 bits per heavy atom. The van der Waals surface area contributed by atoms with Crippen LogP contribution in [0.5, 0.6) is 0 Å². The lowest BCUT2D eigenvalue weighted by molar-refractivity contribution is 0.0378. The summed E-state index contributed by atoms with van der Waals surface area (Å²) in [4.78, 5) is 12.0. The third-order valence-electron chi connectivity index (χ3n) is 1.88. The average Bonchev–Trinajstić information content (AvgIpc) is 2.16. The van der Waals surface area contributed by atoms with Crippen LogP contribution in [-0.2, 0) is 11.2 Å². The summed E-state index contributed by atoms with van der Waals surface area (Å²) in [6, 6.07) is 7.15. The zero-order chi connectivity index (χ0) is 12.1. The summed E-state index contributed by atoms with van der Waals surface area (Å²) in [5.41, 5.74) is 6.90. The van der Waals surface area contributed by atoms with Gasteiger partial charge in [-0.1, -0.05) is 24.4 Å². The molecule has 2 N–H and O–H groups in total. The molecule has 0 aliphatic rings. The van der Waals surface area contributed by atoms with Crippen molar-refractivity contribution < 1.29 is 9.53 Å². The molecule has 0 unspecified atom stereocenters. The molecule has 0 heterocycles. The molecule has 1 aromatic carbocycles. The Balaban J connectivity index is 2.81. The summed E-state index contributed by atoms with van der Waals surface area (Å²) < 4.78 is 5.09. The molecule has 0 aromatic heterocycles. The standard InChI is InChI=1S/C12H15NO2S/c1-8(2)15-12(14)10-5-3-4-9(6-10)7-11(13)16/h3-6,8H,7H2,1-2H3,(H2,13,16). The van der Waals surface area contributed by atoms with Crippen LogP contribution in [0.25, 0.3) is 0 Å². The molecular formula is C12H15NO2S. The van der Waals surface area contributed by atoms with Crippen LogP contribution in [0.1, 0.15) is 29.8 Å². The highest BCUT2D eigenvalue weighted by Crippen LogP contribution is 2.08. The van der Waals surface area contributed by atoms with Gasteiger partial charge in [0.25, 0.3) is 0 Å². The van der Waals surface area contributed by atoms with E-state index in [4.69, 9.17) is 22.7 Å². The quantitative estimate of drug-likeness (QED) is 0.643. The molecule has 0 spiro atoms. The highest BCUT2D eigenvalue weighted by molar-refractivity contribution is 7.80. The van der Waals surface area contributed by atoms with Crippen LogP contribution < -0.4 is 5.73 Å². The minimum atomic E-state index is -0.320. The third kappa shape index (κ3) is 3.98. The number of carbonyl (C=O) groups is 1. The van der Waals surface area contributed by atoms with E-state index in [1.54, 1.807) is 18.2 Å². The predicted molar refractivity (Wildman–Crippen MR) is 67.5 cm³/mol. The van der Waals surface area contributed by atoms with E-state index in [0.717, 1.165) is 5.56 Å². The average molecular weight is 237 g/mol. The first-order chi connectivity index (χ1) is 7.49. The predicted octanol–water partition coefficient (Wildman–Crippen LogP) is 2.08. The maximum absolute atomic E-state index is 11.6. The third-order valence-corrected chi connectivity index (χ3v) is 2.03. The fourth-order valence-corrected chi connectivity index (χ4v) is 1.46. The molecule has 0 aliphatic heterocycles. The van der Waals surface area contributed by atoms with Crippen molar-refractivity contribution >= 4 is 23.2 Å². The first-order valence-corrected chi connectivity index (χ1v) is 5.48. The van der Waals surface area contributed by atoms with Gasteiger partial charge in [-0.3, -0.25) is 0 Å². The molecule has 0 aliphatic carbocycles. The van der Waals surface area contributed by atoms with E-state index in [-0.39, 0.29) is 12.1 Å². The highest BCUT2D eigenvalue weighted by Gasteiger charge is 2.09. The lowest BCUT2D eigenvalue weighted by Gasteiger charge is -2.08. The smallest absolute Gasteiger partial charge is 0.338 e. The van der Waals surface area contributed by atoms with Gasteiger partial charge in [-0.2, -0.15) is 0 Å². The number of hydrogen-bond acceptors (Lipinski definition) is 3. The maximum atomic E-state index is 11.6. The zero-order valence-corrected chi connectivity index (χ0v) is 10.2. The maximum Gasteiger partial charge on any atom is 0.338 e. The zero-order valence-electron chi connectivity index (χ0n) is 9.40. The number of rotatable bonds is 4. The van der Waals surface area contributed by atoms with Gasteiger partial charge in [-0.05, 0) is 31.5 Å². The Morgan fingerprint density at radius 3 is 2.75 bits per heavy atom. The lowest BCUT2D eigenvalue weighted by atomic mass is 10.1. The topological polar surface area (TPSA) is 52.3 Å². The number of hydrogen-bond donors (Lipinski definition) is 1. The summed E-state index contributed by atoms with van der Waals surface area (Å²) >= 11 is 4.82. The molecule has 3 nitrogen and oxygen atoms in total. The first-order valence-electron chi connectivity index (χ1n) is 5.07. The van der Waals surface area contributed by atoms with Gasteiger partial charge >= 0.3 is 5.97 Å². The van der Waals surface area contributed by atoms with Crippen molar-refractivity contribution in [3.05, 3.63) is 35.4 Å². The number of thiocarbonyl (C=S) groups is 1. The summed E-state index contributed by atoms with van der Waals surface area (Å²) in [5.74, 6) is -0.320. The van der Waals surface area contributed by atoms with Crippen molar-refractivity contribution in [1.82, 2.24) is 0 Å². The number of ether oxygens (including phenoxy) is 1. The summed E-state index contributed by atoms with van der Waals surface area (Å²) in [7, 11) is 0. The van der Waals surface area contributed by atoms with Gasteiger partial charge in [-0.25, -0.2) is 4.79 Å². The second-order valence-electron chi connectivity index (χ2n) is 3.80. The van der Waals surface area contributed by atoms with Gasteiger partial charge in [-0.15, -0.1) is 0 Å². The minimum Gasteiger partial charge on any atom is -0.459 e. The molecule has 0 bridgehead atoms. The van der Waals surface area contributed by atoms with Crippen LogP contribution in [0, 0.1) is 0 Å². The van der Waals surface area contributed by atoms with E-state index in [1.165, 1.54) is 0 Å². The molecule has 1 rings (SSSR count). The van der Waals surface area contributed by atoms with Crippen molar-refractivity contribution in [2.75, 3.05) is 0 Å². The van der Waals surface area contributed by atoms with Crippen LogP contribution in [0.3, 0.4) is 0 Å². The molecule has 4 heteroatoms. The first kappa shape index (κ1) is 12.6. The van der Waals surface area contributed by atoms with Crippen LogP contribution in [-0.4, -0.2) is 17.1 Å².